The van der Waals surface area contributed by atoms with Gasteiger partial charge in [-0.15, -0.1) is 0 Å². The van der Waals surface area contributed by atoms with E-state index in [-0.39, 0.29) is 6.54 Å². The number of aliphatic hydroxyl groups excluding tert-OH is 2. The summed E-state index contributed by atoms with van der Waals surface area (Å²) in [7, 11) is 0. The minimum Gasteiger partial charge on any atom is -0.394 e. The van der Waals surface area contributed by atoms with Crippen LogP contribution in [0.3, 0.4) is 0 Å². The van der Waals surface area contributed by atoms with Gasteiger partial charge in [0.1, 0.15) is 5.54 Å². The summed E-state index contributed by atoms with van der Waals surface area (Å²) in [5.74, 6) is -0.392. The molecule has 17 heavy (non-hydrogen) atoms. The highest BCUT2D eigenvalue weighted by Gasteiger charge is 2.30. The van der Waals surface area contributed by atoms with Crippen LogP contribution >= 0.6 is 0 Å². The van der Waals surface area contributed by atoms with Gasteiger partial charge in [0.2, 0.25) is 5.91 Å². The van der Waals surface area contributed by atoms with Gasteiger partial charge in [-0.05, 0) is 12.5 Å². The summed E-state index contributed by atoms with van der Waals surface area (Å²) >= 11 is 0. The molecule has 0 aliphatic carbocycles. The Balaban J connectivity index is 2.67. The quantitative estimate of drug-likeness (QED) is 0.547. The monoisotopic (exact) mass is 238 g/mol. The number of aliphatic hydroxyl groups is 2. The summed E-state index contributed by atoms with van der Waals surface area (Å²) in [4.78, 5) is 11.9. The maximum atomic E-state index is 11.9. The van der Waals surface area contributed by atoms with E-state index in [1.54, 1.807) is 31.2 Å². The Labute approximate surface area is 100 Å². The summed E-state index contributed by atoms with van der Waals surface area (Å²) < 4.78 is 0. The molecule has 2 unspecified atom stereocenters. The van der Waals surface area contributed by atoms with Crippen molar-refractivity contribution in [1.82, 2.24) is 5.32 Å². The summed E-state index contributed by atoms with van der Waals surface area (Å²) in [6, 6.07) is 8.98. The minimum atomic E-state index is -1.16. The number of benzene rings is 1. The molecule has 1 aromatic rings. The van der Waals surface area contributed by atoms with Gasteiger partial charge >= 0.3 is 0 Å². The average Bonchev–Trinajstić information content (AvgIpc) is 2.36. The van der Waals surface area contributed by atoms with Crippen molar-refractivity contribution in [1.29, 1.82) is 0 Å². The number of hydrogen-bond donors (Lipinski definition) is 4. The second-order valence-corrected chi connectivity index (χ2v) is 4.11. The molecule has 1 aromatic carbocycles. The maximum Gasteiger partial charge on any atom is 0.244 e. The molecule has 0 radical (unpaired) electrons. The van der Waals surface area contributed by atoms with E-state index in [1.165, 1.54) is 0 Å². The Morgan fingerprint density at radius 3 is 2.59 bits per heavy atom. The van der Waals surface area contributed by atoms with Gasteiger partial charge in [0.15, 0.2) is 0 Å². The minimum absolute atomic E-state index is 0.0189. The summed E-state index contributed by atoms with van der Waals surface area (Å²) in [5, 5.41) is 20.3. The number of amides is 1. The van der Waals surface area contributed by atoms with Crippen LogP contribution in [0, 0.1) is 0 Å². The molecule has 0 aromatic heterocycles. The Kier molecular flexibility index (Phi) is 4.62. The number of carbonyl (C=O) groups excluding carboxylic acids is 1. The lowest BCUT2D eigenvalue weighted by Crippen LogP contribution is -2.50. The molecule has 0 saturated carbocycles. The third-order valence-corrected chi connectivity index (χ3v) is 2.55. The topological polar surface area (TPSA) is 95.6 Å². The van der Waals surface area contributed by atoms with E-state index in [2.05, 4.69) is 5.32 Å². The number of rotatable bonds is 5. The highest BCUT2D eigenvalue weighted by Crippen LogP contribution is 2.17. The molecule has 5 nitrogen and oxygen atoms in total. The lowest BCUT2D eigenvalue weighted by molar-refractivity contribution is -0.126. The van der Waals surface area contributed by atoms with Crippen molar-refractivity contribution in [3.8, 4) is 0 Å². The standard InChI is InChI=1S/C12H18N2O3/c1-12(13,9-5-3-2-4-6-9)11(17)14-7-10(16)8-15/h2-6,10,15-16H,7-8,13H2,1H3,(H,14,17). The molecular weight excluding hydrogens is 220 g/mol. The van der Waals surface area contributed by atoms with Crippen molar-refractivity contribution in [2.45, 2.75) is 18.6 Å². The molecule has 5 N–H and O–H groups in total. The molecule has 2 atom stereocenters. The zero-order valence-electron chi connectivity index (χ0n) is 9.76. The van der Waals surface area contributed by atoms with Crippen LogP contribution in [-0.4, -0.2) is 35.4 Å². The number of hydrogen-bond acceptors (Lipinski definition) is 4. The van der Waals surface area contributed by atoms with Crippen LogP contribution in [0.4, 0.5) is 0 Å². The first kappa shape index (κ1) is 13.6. The number of carbonyl (C=O) groups is 1. The van der Waals surface area contributed by atoms with E-state index in [0.717, 1.165) is 0 Å². The van der Waals surface area contributed by atoms with E-state index in [4.69, 9.17) is 15.9 Å². The van der Waals surface area contributed by atoms with Crippen molar-refractivity contribution in [3.63, 3.8) is 0 Å². The Hall–Kier alpha value is -1.43. The second kappa shape index (κ2) is 5.77. The van der Waals surface area contributed by atoms with Gasteiger partial charge in [-0.3, -0.25) is 4.79 Å². The smallest absolute Gasteiger partial charge is 0.244 e. The largest absolute Gasteiger partial charge is 0.394 e. The van der Waals surface area contributed by atoms with Gasteiger partial charge in [0, 0.05) is 6.54 Å². The zero-order valence-corrected chi connectivity index (χ0v) is 9.76. The Morgan fingerprint density at radius 1 is 1.47 bits per heavy atom. The predicted octanol–water partition coefficient (Wildman–Crippen LogP) is -0.670. The van der Waals surface area contributed by atoms with E-state index >= 15 is 0 Å². The molecule has 0 saturated heterocycles. The van der Waals surface area contributed by atoms with Gasteiger partial charge in [-0.2, -0.15) is 0 Å². The first-order valence-corrected chi connectivity index (χ1v) is 5.40. The molecule has 0 heterocycles. The van der Waals surface area contributed by atoms with Gasteiger partial charge in [0.25, 0.3) is 0 Å². The van der Waals surface area contributed by atoms with Gasteiger partial charge < -0.3 is 21.3 Å². The zero-order chi connectivity index (χ0) is 12.9. The highest BCUT2D eigenvalue weighted by molar-refractivity contribution is 5.86. The normalized spacial score (nSPS) is 16.0. The van der Waals surface area contributed by atoms with Crippen molar-refractivity contribution >= 4 is 5.91 Å². The lowest BCUT2D eigenvalue weighted by atomic mass is 9.92. The third kappa shape index (κ3) is 3.52. The van der Waals surface area contributed by atoms with E-state index in [0.29, 0.717) is 5.56 Å². The van der Waals surface area contributed by atoms with E-state index in [1.807, 2.05) is 6.07 Å². The summed E-state index contributed by atoms with van der Waals surface area (Å²) in [6.45, 7) is 1.19. The van der Waals surface area contributed by atoms with Gasteiger partial charge in [-0.25, -0.2) is 0 Å². The third-order valence-electron chi connectivity index (χ3n) is 2.55. The fourth-order valence-electron chi connectivity index (χ4n) is 1.37. The number of nitrogens with one attached hydrogen (secondary N) is 1. The van der Waals surface area contributed by atoms with Crippen LogP contribution in [0.15, 0.2) is 30.3 Å². The molecule has 0 bridgehead atoms. The van der Waals surface area contributed by atoms with Crippen LogP contribution in [0.25, 0.3) is 0 Å². The maximum absolute atomic E-state index is 11.9. The fraction of sp³-hybridized carbons (Fsp3) is 0.417. The first-order valence-electron chi connectivity index (χ1n) is 5.40. The second-order valence-electron chi connectivity index (χ2n) is 4.11. The van der Waals surface area contributed by atoms with Gasteiger partial charge in [0.05, 0.1) is 12.7 Å². The summed E-state index contributed by atoms with van der Waals surface area (Å²) in [5.41, 5.74) is 5.49. The molecule has 0 aliphatic rings. The molecule has 0 fully saturated rings. The fourth-order valence-corrected chi connectivity index (χ4v) is 1.37. The molecule has 1 rings (SSSR count). The van der Waals surface area contributed by atoms with Crippen LogP contribution in [0.2, 0.25) is 0 Å². The van der Waals surface area contributed by atoms with Crippen molar-refractivity contribution in [3.05, 3.63) is 35.9 Å². The number of nitrogens with two attached hydrogens (primary N) is 1. The van der Waals surface area contributed by atoms with E-state index in [9.17, 15) is 4.79 Å². The predicted molar refractivity (Wildman–Crippen MR) is 64.1 cm³/mol. The summed E-state index contributed by atoms with van der Waals surface area (Å²) in [6.07, 6.45) is -0.967. The van der Waals surface area contributed by atoms with Crippen LogP contribution in [0.1, 0.15) is 12.5 Å². The van der Waals surface area contributed by atoms with Crippen LogP contribution in [-0.2, 0) is 10.3 Å². The Morgan fingerprint density at radius 2 is 2.06 bits per heavy atom. The van der Waals surface area contributed by atoms with Crippen molar-refractivity contribution < 1.29 is 15.0 Å². The highest BCUT2D eigenvalue weighted by atomic mass is 16.3. The Bertz CT molecular complexity index is 365. The molecule has 0 aliphatic heterocycles. The average molecular weight is 238 g/mol. The lowest BCUT2D eigenvalue weighted by Gasteiger charge is -2.24. The molecule has 94 valence electrons. The molecule has 5 heteroatoms. The SMILES string of the molecule is CC(N)(C(=O)NCC(O)CO)c1ccccc1. The van der Waals surface area contributed by atoms with Crippen molar-refractivity contribution in [2.24, 2.45) is 5.73 Å². The first-order chi connectivity index (χ1) is 7.98. The van der Waals surface area contributed by atoms with Crippen LogP contribution < -0.4 is 11.1 Å². The van der Waals surface area contributed by atoms with Crippen molar-refractivity contribution in [2.75, 3.05) is 13.2 Å². The molecular formula is C12H18N2O3. The van der Waals surface area contributed by atoms with E-state index < -0.39 is 24.2 Å². The van der Waals surface area contributed by atoms with Gasteiger partial charge in [-0.1, -0.05) is 30.3 Å². The molecule has 0 spiro atoms. The molecule has 1 amide bonds. The van der Waals surface area contributed by atoms with Crippen LogP contribution in [0.5, 0.6) is 0 Å².